The van der Waals surface area contributed by atoms with Gasteiger partial charge in [-0.15, -0.1) is 0 Å². The SMILES string of the molecule is CCCc1nn(C)c2c(=O)[nH]c(-c3cc(S(=O)(=O)N4CCC(CCC(=O)OCCN5CCOCC5)CC4)ccc3OCC)nc12. The van der Waals surface area contributed by atoms with Gasteiger partial charge in [0.15, 0.2) is 5.52 Å². The van der Waals surface area contributed by atoms with Crippen LogP contribution < -0.4 is 10.3 Å². The first-order valence-corrected chi connectivity index (χ1v) is 17.3. The lowest BCUT2D eigenvalue weighted by molar-refractivity contribution is -0.144. The number of carbonyl (C=O) groups is 1. The molecule has 1 aromatic carbocycles. The van der Waals surface area contributed by atoms with E-state index in [0.717, 1.165) is 19.5 Å². The van der Waals surface area contributed by atoms with E-state index in [0.29, 0.717) is 106 Å². The summed E-state index contributed by atoms with van der Waals surface area (Å²) in [4.78, 5) is 35.3. The number of fused-ring (bicyclic) bond motifs is 1. The molecule has 45 heavy (non-hydrogen) atoms. The highest BCUT2D eigenvalue weighted by Crippen LogP contribution is 2.33. The van der Waals surface area contributed by atoms with Gasteiger partial charge in [-0.25, -0.2) is 13.4 Å². The second-order valence-corrected chi connectivity index (χ2v) is 13.5. The standard InChI is InChI=1S/C31H44N6O7S/c1-4-6-25-28-29(35(3)34-25)31(39)33-30(32-28)24-21-23(8-9-26(24)43-5-2)45(40,41)37-13-11-22(12-14-37)7-10-27(38)44-20-17-36-15-18-42-19-16-36/h8-9,21-22H,4-7,10-20H2,1-3H3,(H,32,33,39). The van der Waals surface area contributed by atoms with Crippen LogP contribution in [0.3, 0.4) is 0 Å². The molecular weight excluding hydrogens is 600 g/mol. The second-order valence-electron chi connectivity index (χ2n) is 11.6. The summed E-state index contributed by atoms with van der Waals surface area (Å²) in [5, 5.41) is 4.48. The fourth-order valence-corrected chi connectivity index (χ4v) is 7.51. The molecule has 0 bridgehead atoms. The monoisotopic (exact) mass is 644 g/mol. The van der Waals surface area contributed by atoms with Crippen LogP contribution in [0.5, 0.6) is 5.75 Å². The number of carbonyl (C=O) groups excluding carboxylic acids is 1. The zero-order valence-corrected chi connectivity index (χ0v) is 27.2. The third-order valence-electron chi connectivity index (χ3n) is 8.50. The van der Waals surface area contributed by atoms with Crippen LogP contribution in [-0.2, 0) is 37.8 Å². The van der Waals surface area contributed by atoms with Gasteiger partial charge in [0.05, 0.1) is 36.0 Å². The van der Waals surface area contributed by atoms with Crippen molar-refractivity contribution in [3.05, 3.63) is 34.2 Å². The van der Waals surface area contributed by atoms with E-state index in [1.807, 2.05) is 13.8 Å². The van der Waals surface area contributed by atoms with E-state index in [2.05, 4.69) is 15.0 Å². The fraction of sp³-hybridized carbons (Fsp3) is 0.613. The van der Waals surface area contributed by atoms with Crippen molar-refractivity contribution in [3.8, 4) is 17.1 Å². The Labute approximate surface area is 263 Å². The van der Waals surface area contributed by atoms with Gasteiger partial charge in [0.1, 0.15) is 23.7 Å². The van der Waals surface area contributed by atoms with Crippen LogP contribution in [-0.4, -0.2) is 102 Å². The zero-order valence-electron chi connectivity index (χ0n) is 26.4. The molecule has 2 saturated heterocycles. The van der Waals surface area contributed by atoms with E-state index in [4.69, 9.17) is 19.2 Å². The molecule has 4 heterocycles. The van der Waals surface area contributed by atoms with E-state index in [1.54, 1.807) is 13.1 Å². The number of rotatable bonds is 13. The third-order valence-corrected chi connectivity index (χ3v) is 10.4. The van der Waals surface area contributed by atoms with Gasteiger partial charge >= 0.3 is 5.97 Å². The maximum atomic E-state index is 13.8. The van der Waals surface area contributed by atoms with Gasteiger partial charge in [-0.05, 0) is 56.7 Å². The molecule has 2 aliphatic rings. The Balaban J connectivity index is 1.25. The molecule has 2 aliphatic heterocycles. The van der Waals surface area contributed by atoms with Crippen molar-refractivity contribution in [1.82, 2.24) is 29.0 Å². The minimum absolute atomic E-state index is 0.103. The van der Waals surface area contributed by atoms with Gasteiger partial charge < -0.3 is 19.2 Å². The van der Waals surface area contributed by atoms with E-state index in [1.165, 1.54) is 21.1 Å². The van der Waals surface area contributed by atoms with Gasteiger partial charge in [0.25, 0.3) is 5.56 Å². The Kier molecular flexibility index (Phi) is 10.9. The summed E-state index contributed by atoms with van der Waals surface area (Å²) in [6.45, 7) is 9.16. The number of aryl methyl sites for hydroxylation is 2. The van der Waals surface area contributed by atoms with Crippen LogP contribution in [0.2, 0.25) is 0 Å². The largest absolute Gasteiger partial charge is 0.493 e. The number of piperidine rings is 1. The van der Waals surface area contributed by atoms with E-state index >= 15 is 0 Å². The number of nitrogens with zero attached hydrogens (tertiary/aromatic N) is 5. The quantitative estimate of drug-likeness (QED) is 0.275. The van der Waals surface area contributed by atoms with Crippen LogP contribution in [0.4, 0.5) is 0 Å². The molecule has 0 spiro atoms. The number of morpholine rings is 1. The van der Waals surface area contributed by atoms with Crippen LogP contribution in [0.15, 0.2) is 27.9 Å². The number of esters is 1. The molecule has 0 aliphatic carbocycles. The van der Waals surface area contributed by atoms with Crippen molar-refractivity contribution in [2.45, 2.75) is 57.3 Å². The first-order valence-electron chi connectivity index (χ1n) is 15.9. The van der Waals surface area contributed by atoms with Crippen molar-refractivity contribution in [3.63, 3.8) is 0 Å². The van der Waals surface area contributed by atoms with Crippen molar-refractivity contribution in [2.75, 3.05) is 59.2 Å². The lowest BCUT2D eigenvalue weighted by atomic mass is 9.93. The average Bonchev–Trinajstić information content (AvgIpc) is 3.36. The topological polar surface area (TPSA) is 149 Å². The molecule has 0 radical (unpaired) electrons. The van der Waals surface area contributed by atoms with Crippen molar-refractivity contribution in [2.24, 2.45) is 13.0 Å². The fourth-order valence-electron chi connectivity index (χ4n) is 6.01. The summed E-state index contributed by atoms with van der Waals surface area (Å²) in [5.41, 5.74) is 1.62. The smallest absolute Gasteiger partial charge is 0.305 e. The molecule has 246 valence electrons. The van der Waals surface area contributed by atoms with E-state index < -0.39 is 10.0 Å². The minimum Gasteiger partial charge on any atom is -0.493 e. The molecule has 14 heteroatoms. The maximum absolute atomic E-state index is 13.8. The number of ether oxygens (including phenoxy) is 3. The molecule has 1 N–H and O–H groups in total. The molecule has 0 amide bonds. The molecule has 13 nitrogen and oxygen atoms in total. The normalized spacial score (nSPS) is 17.1. The highest BCUT2D eigenvalue weighted by atomic mass is 32.2. The highest BCUT2D eigenvalue weighted by molar-refractivity contribution is 7.89. The Hall–Kier alpha value is -3.33. The van der Waals surface area contributed by atoms with Crippen LogP contribution in [0.25, 0.3) is 22.4 Å². The predicted molar refractivity (Wildman–Crippen MR) is 169 cm³/mol. The van der Waals surface area contributed by atoms with E-state index in [9.17, 15) is 18.0 Å². The molecular formula is C31H44N6O7S. The van der Waals surface area contributed by atoms with Crippen LogP contribution >= 0.6 is 0 Å². The molecule has 2 aromatic heterocycles. The Morgan fingerprint density at radius 3 is 2.60 bits per heavy atom. The summed E-state index contributed by atoms with van der Waals surface area (Å²) < 4.78 is 47.2. The molecule has 2 fully saturated rings. The van der Waals surface area contributed by atoms with E-state index in [-0.39, 0.29) is 28.2 Å². The lowest BCUT2D eigenvalue weighted by Crippen LogP contribution is -2.39. The summed E-state index contributed by atoms with van der Waals surface area (Å²) >= 11 is 0. The van der Waals surface area contributed by atoms with Crippen molar-refractivity contribution in [1.29, 1.82) is 0 Å². The van der Waals surface area contributed by atoms with Crippen molar-refractivity contribution >= 4 is 27.0 Å². The molecule has 0 saturated carbocycles. The van der Waals surface area contributed by atoms with Crippen LogP contribution in [0.1, 0.15) is 51.6 Å². The maximum Gasteiger partial charge on any atom is 0.305 e. The Morgan fingerprint density at radius 1 is 1.13 bits per heavy atom. The first-order chi connectivity index (χ1) is 21.7. The number of aromatic nitrogens is 4. The Morgan fingerprint density at radius 2 is 1.89 bits per heavy atom. The first kappa shape index (κ1) is 33.0. The predicted octanol–water partition coefficient (Wildman–Crippen LogP) is 2.73. The molecule has 0 atom stereocenters. The Bertz CT molecular complexity index is 1640. The summed E-state index contributed by atoms with van der Waals surface area (Å²) in [5.74, 6) is 0.694. The van der Waals surface area contributed by atoms with Crippen molar-refractivity contribution < 1.29 is 27.4 Å². The number of sulfonamides is 1. The minimum atomic E-state index is -3.83. The molecule has 3 aromatic rings. The lowest BCUT2D eigenvalue weighted by Gasteiger charge is -2.31. The van der Waals surface area contributed by atoms with Crippen LogP contribution in [0, 0.1) is 5.92 Å². The molecule has 5 rings (SSSR count). The average molecular weight is 645 g/mol. The summed E-state index contributed by atoms with van der Waals surface area (Å²) in [6, 6.07) is 4.68. The summed E-state index contributed by atoms with van der Waals surface area (Å²) in [6.07, 6.45) is 3.83. The highest BCUT2D eigenvalue weighted by Gasteiger charge is 2.31. The zero-order chi connectivity index (χ0) is 32.0. The number of hydrogen-bond donors (Lipinski definition) is 1. The van der Waals surface area contributed by atoms with Gasteiger partial charge in [0, 0.05) is 46.2 Å². The van der Waals surface area contributed by atoms with Gasteiger partial charge in [0.2, 0.25) is 10.0 Å². The number of aromatic amines is 1. The second kappa shape index (κ2) is 14.8. The summed E-state index contributed by atoms with van der Waals surface area (Å²) in [7, 11) is -2.12. The van der Waals surface area contributed by atoms with Gasteiger partial charge in [-0.2, -0.15) is 9.40 Å². The van der Waals surface area contributed by atoms with Gasteiger partial charge in [-0.3, -0.25) is 19.2 Å². The number of nitrogens with one attached hydrogen (secondary N) is 1. The molecule has 0 unspecified atom stereocenters. The third kappa shape index (κ3) is 7.74. The van der Waals surface area contributed by atoms with Gasteiger partial charge in [-0.1, -0.05) is 13.3 Å². The number of benzene rings is 1. The number of hydrogen-bond acceptors (Lipinski definition) is 10. The number of H-pyrrole nitrogens is 1.